The van der Waals surface area contributed by atoms with Crippen molar-refractivity contribution in [1.29, 1.82) is 0 Å². The molecule has 2 unspecified atom stereocenters. The van der Waals surface area contributed by atoms with Crippen molar-refractivity contribution in [2.45, 2.75) is 19.4 Å². The van der Waals surface area contributed by atoms with Crippen LogP contribution < -0.4 is 5.32 Å². The molecule has 4 nitrogen and oxygen atoms in total. The van der Waals surface area contributed by atoms with Crippen LogP contribution in [0.4, 0.5) is 0 Å². The largest absolute Gasteiger partial charge is 0.465 e. The molecule has 0 aromatic carbocycles. The summed E-state index contributed by atoms with van der Waals surface area (Å²) in [6.07, 6.45) is 0.414. The predicted molar refractivity (Wildman–Crippen MR) is 43.6 cm³/mol. The lowest BCUT2D eigenvalue weighted by atomic mass is 9.97. The van der Waals surface area contributed by atoms with Crippen LogP contribution in [0.5, 0.6) is 0 Å². The Morgan fingerprint density at radius 3 is 3.08 bits per heavy atom. The van der Waals surface area contributed by atoms with Crippen LogP contribution in [-0.4, -0.2) is 36.9 Å². The summed E-state index contributed by atoms with van der Waals surface area (Å²) in [6, 6.07) is 0. The first-order valence-corrected chi connectivity index (χ1v) is 4.22. The van der Waals surface area contributed by atoms with Crippen LogP contribution in [0.3, 0.4) is 0 Å². The highest BCUT2D eigenvalue weighted by Gasteiger charge is 2.23. The van der Waals surface area contributed by atoms with Crippen LogP contribution in [0.1, 0.15) is 13.3 Å². The van der Waals surface area contributed by atoms with Gasteiger partial charge in [0, 0.05) is 19.4 Å². The maximum absolute atomic E-state index is 10.5. The molecule has 0 amide bonds. The molecule has 0 aromatic rings. The summed E-state index contributed by atoms with van der Waals surface area (Å²) < 4.78 is 4.81. The number of esters is 1. The predicted octanol–water partition coefficient (Wildman–Crippen LogP) is -0.480. The fourth-order valence-corrected chi connectivity index (χ4v) is 1.30. The van der Waals surface area contributed by atoms with Gasteiger partial charge in [-0.15, -0.1) is 0 Å². The Balaban J connectivity index is 2.24. The van der Waals surface area contributed by atoms with Crippen LogP contribution in [0.2, 0.25) is 0 Å². The monoisotopic (exact) mass is 173 g/mol. The highest BCUT2D eigenvalue weighted by Crippen LogP contribution is 2.11. The Bertz CT molecular complexity index is 160. The van der Waals surface area contributed by atoms with E-state index in [-0.39, 0.29) is 18.0 Å². The van der Waals surface area contributed by atoms with Crippen molar-refractivity contribution in [3.05, 3.63) is 0 Å². The zero-order valence-corrected chi connectivity index (χ0v) is 7.25. The van der Waals surface area contributed by atoms with E-state index in [4.69, 9.17) is 4.74 Å². The van der Waals surface area contributed by atoms with E-state index in [1.165, 1.54) is 6.92 Å². The molecule has 0 bridgehead atoms. The van der Waals surface area contributed by atoms with Crippen LogP contribution in [0, 0.1) is 5.92 Å². The van der Waals surface area contributed by atoms with E-state index in [0.717, 1.165) is 19.5 Å². The highest BCUT2D eigenvalue weighted by atomic mass is 16.5. The number of hydrogen-bond acceptors (Lipinski definition) is 4. The van der Waals surface area contributed by atoms with Crippen LogP contribution in [0.15, 0.2) is 0 Å². The van der Waals surface area contributed by atoms with Gasteiger partial charge in [0.2, 0.25) is 0 Å². The minimum Gasteiger partial charge on any atom is -0.465 e. The molecule has 12 heavy (non-hydrogen) atoms. The van der Waals surface area contributed by atoms with Gasteiger partial charge in [-0.05, 0) is 13.0 Å². The Hall–Kier alpha value is -0.610. The van der Waals surface area contributed by atoms with Crippen molar-refractivity contribution in [2.24, 2.45) is 5.92 Å². The van der Waals surface area contributed by atoms with Crippen molar-refractivity contribution in [2.75, 3.05) is 19.7 Å². The Morgan fingerprint density at radius 2 is 2.50 bits per heavy atom. The number of carbonyl (C=O) groups excluding carboxylic acids is 1. The lowest BCUT2D eigenvalue weighted by molar-refractivity contribution is -0.143. The normalized spacial score (nSPS) is 29.8. The van der Waals surface area contributed by atoms with Gasteiger partial charge in [0.15, 0.2) is 0 Å². The smallest absolute Gasteiger partial charge is 0.302 e. The summed E-state index contributed by atoms with van der Waals surface area (Å²) in [5.41, 5.74) is 0. The average Bonchev–Trinajstić information content (AvgIpc) is 2.03. The summed E-state index contributed by atoms with van der Waals surface area (Å²) in [5, 5.41) is 12.6. The number of nitrogens with one attached hydrogen (secondary N) is 1. The summed E-state index contributed by atoms with van der Waals surface area (Å²) in [7, 11) is 0. The van der Waals surface area contributed by atoms with Crippen LogP contribution in [-0.2, 0) is 9.53 Å². The molecule has 0 spiro atoms. The lowest BCUT2D eigenvalue weighted by Gasteiger charge is -2.27. The molecule has 2 N–H and O–H groups in total. The van der Waals surface area contributed by atoms with Crippen molar-refractivity contribution in [3.8, 4) is 0 Å². The molecule has 1 rings (SSSR count). The molecule has 1 aliphatic rings. The first-order valence-electron chi connectivity index (χ1n) is 4.22. The number of aliphatic hydroxyl groups excluding tert-OH is 1. The summed E-state index contributed by atoms with van der Waals surface area (Å²) in [6.45, 7) is 3.28. The number of rotatable bonds is 2. The number of piperidine rings is 1. The van der Waals surface area contributed by atoms with E-state index >= 15 is 0 Å². The van der Waals surface area contributed by atoms with Gasteiger partial charge in [0.1, 0.15) is 0 Å². The maximum atomic E-state index is 10.5. The third-order valence-corrected chi connectivity index (χ3v) is 2.07. The third kappa shape index (κ3) is 2.79. The van der Waals surface area contributed by atoms with Crippen molar-refractivity contribution in [3.63, 3.8) is 0 Å². The number of aliphatic hydroxyl groups is 1. The van der Waals surface area contributed by atoms with Gasteiger partial charge in [-0.3, -0.25) is 4.79 Å². The molecule has 70 valence electrons. The van der Waals surface area contributed by atoms with Gasteiger partial charge in [-0.1, -0.05) is 0 Å². The Morgan fingerprint density at radius 1 is 1.75 bits per heavy atom. The molecule has 0 saturated carbocycles. The highest BCUT2D eigenvalue weighted by molar-refractivity contribution is 5.65. The molecule has 1 saturated heterocycles. The fraction of sp³-hybridized carbons (Fsp3) is 0.875. The second-order valence-corrected chi connectivity index (χ2v) is 3.12. The summed E-state index contributed by atoms with van der Waals surface area (Å²) in [4.78, 5) is 10.5. The van der Waals surface area contributed by atoms with Crippen molar-refractivity contribution < 1.29 is 14.6 Å². The molecule has 0 aliphatic carbocycles. The maximum Gasteiger partial charge on any atom is 0.302 e. The minimum absolute atomic E-state index is 0.0580. The van der Waals surface area contributed by atoms with E-state index in [1.54, 1.807) is 0 Å². The van der Waals surface area contributed by atoms with Crippen LogP contribution in [0.25, 0.3) is 0 Å². The van der Waals surface area contributed by atoms with Crippen LogP contribution >= 0.6 is 0 Å². The Kier molecular flexibility index (Phi) is 3.49. The fourth-order valence-electron chi connectivity index (χ4n) is 1.30. The third-order valence-electron chi connectivity index (χ3n) is 2.07. The van der Waals surface area contributed by atoms with Crippen molar-refractivity contribution in [1.82, 2.24) is 5.32 Å². The van der Waals surface area contributed by atoms with E-state index in [0.29, 0.717) is 6.61 Å². The molecule has 1 fully saturated rings. The molecule has 1 aliphatic heterocycles. The van der Waals surface area contributed by atoms with E-state index in [9.17, 15) is 9.90 Å². The van der Waals surface area contributed by atoms with E-state index < -0.39 is 0 Å². The topological polar surface area (TPSA) is 58.6 Å². The SMILES string of the molecule is CC(=O)OCC1CNCCC1O. The number of carbonyl (C=O) groups is 1. The molecular weight excluding hydrogens is 158 g/mol. The average molecular weight is 173 g/mol. The molecule has 0 aromatic heterocycles. The van der Waals surface area contributed by atoms with Gasteiger partial charge in [0.05, 0.1) is 12.7 Å². The van der Waals surface area contributed by atoms with Gasteiger partial charge < -0.3 is 15.2 Å². The molecular formula is C8H15NO3. The number of ether oxygens (including phenoxy) is 1. The van der Waals surface area contributed by atoms with Gasteiger partial charge in [0.25, 0.3) is 0 Å². The molecule has 4 heteroatoms. The summed E-state index contributed by atoms with van der Waals surface area (Å²) in [5.74, 6) is -0.226. The second kappa shape index (κ2) is 4.42. The molecule has 2 atom stereocenters. The first-order chi connectivity index (χ1) is 5.70. The van der Waals surface area contributed by atoms with Gasteiger partial charge >= 0.3 is 5.97 Å². The quantitative estimate of drug-likeness (QED) is 0.554. The standard InChI is InChI=1S/C8H15NO3/c1-6(10)12-5-7-4-9-3-2-8(7)11/h7-9,11H,2-5H2,1H3. The van der Waals surface area contributed by atoms with E-state index in [1.807, 2.05) is 0 Å². The first kappa shape index (κ1) is 9.48. The van der Waals surface area contributed by atoms with Gasteiger partial charge in [-0.25, -0.2) is 0 Å². The van der Waals surface area contributed by atoms with Gasteiger partial charge in [-0.2, -0.15) is 0 Å². The Labute approximate surface area is 71.9 Å². The molecule has 1 heterocycles. The van der Waals surface area contributed by atoms with Crippen molar-refractivity contribution >= 4 is 5.97 Å². The van der Waals surface area contributed by atoms with E-state index in [2.05, 4.69) is 5.32 Å². The zero-order chi connectivity index (χ0) is 8.97. The summed E-state index contributed by atoms with van der Waals surface area (Å²) >= 11 is 0. The minimum atomic E-state index is -0.328. The number of hydrogen-bond donors (Lipinski definition) is 2. The lowest BCUT2D eigenvalue weighted by Crippen LogP contribution is -2.42. The zero-order valence-electron chi connectivity index (χ0n) is 7.25. The molecule has 0 radical (unpaired) electrons. The second-order valence-electron chi connectivity index (χ2n) is 3.12.